The molecule has 0 aromatic carbocycles. The van der Waals surface area contributed by atoms with Gasteiger partial charge >= 0.3 is 0 Å². The highest BCUT2D eigenvalue weighted by Gasteiger charge is 2.28. The fourth-order valence-corrected chi connectivity index (χ4v) is 2.63. The zero-order chi connectivity index (χ0) is 16.2. The number of halogens is 2. The average molecular weight is 388 g/mol. The van der Waals surface area contributed by atoms with Crippen LogP contribution in [-0.2, 0) is 0 Å². The highest BCUT2D eigenvalue weighted by Crippen LogP contribution is 2.34. The SMILES string of the molecule is Cc1cc(=O)[nH]c(NCCNc2cc(C3CC(N)C3)ncn2)n1.Cl.Cl. The Labute approximate surface area is 158 Å². The number of aryl methyl sites for hydroxylation is 1. The van der Waals surface area contributed by atoms with E-state index in [1.54, 1.807) is 13.3 Å². The van der Waals surface area contributed by atoms with Gasteiger partial charge in [-0.2, -0.15) is 0 Å². The van der Waals surface area contributed by atoms with Crippen LogP contribution in [0.5, 0.6) is 0 Å². The third kappa shape index (κ3) is 5.84. The molecule has 3 rings (SSSR count). The number of rotatable bonds is 6. The van der Waals surface area contributed by atoms with E-state index in [-0.39, 0.29) is 30.4 Å². The van der Waals surface area contributed by atoms with E-state index in [1.165, 1.54) is 6.07 Å². The number of aromatic nitrogens is 4. The number of nitrogens with two attached hydrogens (primary N) is 1. The molecule has 1 aliphatic rings. The lowest BCUT2D eigenvalue weighted by Gasteiger charge is -2.31. The van der Waals surface area contributed by atoms with E-state index < -0.39 is 0 Å². The Morgan fingerprint density at radius 3 is 2.60 bits per heavy atom. The van der Waals surface area contributed by atoms with Crippen molar-refractivity contribution >= 4 is 36.6 Å². The molecule has 0 amide bonds. The quantitative estimate of drug-likeness (QED) is 0.553. The molecule has 10 heteroatoms. The van der Waals surface area contributed by atoms with Gasteiger partial charge in [0, 0.05) is 48.6 Å². The predicted molar refractivity (Wildman–Crippen MR) is 103 cm³/mol. The summed E-state index contributed by atoms with van der Waals surface area (Å²) in [6.45, 7) is 3.05. The van der Waals surface area contributed by atoms with Gasteiger partial charge in [0.1, 0.15) is 12.1 Å². The van der Waals surface area contributed by atoms with Gasteiger partial charge in [0.2, 0.25) is 5.95 Å². The lowest BCUT2D eigenvalue weighted by Crippen LogP contribution is -2.35. The van der Waals surface area contributed by atoms with Gasteiger partial charge in [0.25, 0.3) is 5.56 Å². The molecule has 0 saturated heterocycles. The van der Waals surface area contributed by atoms with Crippen LogP contribution in [0.4, 0.5) is 11.8 Å². The molecule has 2 aromatic rings. The Bertz CT molecular complexity index is 734. The minimum Gasteiger partial charge on any atom is -0.368 e. The number of nitrogens with one attached hydrogen (secondary N) is 3. The van der Waals surface area contributed by atoms with Gasteiger partial charge in [-0.25, -0.2) is 15.0 Å². The van der Waals surface area contributed by atoms with E-state index >= 15 is 0 Å². The Balaban J connectivity index is 0.00000156. The van der Waals surface area contributed by atoms with Gasteiger partial charge < -0.3 is 16.4 Å². The largest absolute Gasteiger partial charge is 0.368 e. The molecule has 8 nitrogen and oxygen atoms in total. The molecule has 0 unspecified atom stereocenters. The van der Waals surface area contributed by atoms with E-state index in [0.717, 1.165) is 24.4 Å². The Morgan fingerprint density at radius 1 is 1.20 bits per heavy atom. The minimum absolute atomic E-state index is 0. The van der Waals surface area contributed by atoms with Crippen molar-refractivity contribution < 1.29 is 0 Å². The van der Waals surface area contributed by atoms with Crippen LogP contribution in [0.25, 0.3) is 0 Å². The first-order valence-electron chi connectivity index (χ1n) is 7.73. The summed E-state index contributed by atoms with van der Waals surface area (Å²) in [4.78, 5) is 26.7. The van der Waals surface area contributed by atoms with Crippen LogP contribution in [-0.4, -0.2) is 39.1 Å². The molecule has 138 valence electrons. The van der Waals surface area contributed by atoms with Crippen LogP contribution in [0.15, 0.2) is 23.3 Å². The van der Waals surface area contributed by atoms with Gasteiger partial charge in [-0.1, -0.05) is 0 Å². The number of nitrogens with zero attached hydrogens (tertiary/aromatic N) is 3. The maximum Gasteiger partial charge on any atom is 0.252 e. The summed E-state index contributed by atoms with van der Waals surface area (Å²) < 4.78 is 0. The maximum atomic E-state index is 11.3. The van der Waals surface area contributed by atoms with E-state index in [1.807, 2.05) is 6.07 Å². The highest BCUT2D eigenvalue weighted by molar-refractivity contribution is 5.85. The van der Waals surface area contributed by atoms with Crippen molar-refractivity contribution in [3.05, 3.63) is 40.2 Å². The average Bonchev–Trinajstić information content (AvgIpc) is 2.48. The molecule has 0 aliphatic heterocycles. The van der Waals surface area contributed by atoms with E-state index in [9.17, 15) is 4.79 Å². The molecule has 1 aliphatic carbocycles. The Kier molecular flexibility index (Phi) is 8.08. The van der Waals surface area contributed by atoms with Crippen molar-refractivity contribution in [2.75, 3.05) is 23.7 Å². The first-order chi connectivity index (χ1) is 11.1. The van der Waals surface area contributed by atoms with E-state index in [4.69, 9.17) is 5.73 Å². The standard InChI is InChI=1S/C15H21N7O.2ClH/c1-9-4-14(23)22-15(21-9)18-3-2-17-13-7-12(19-8-20-13)10-5-11(16)6-10;;/h4,7-8,10-11H,2-3,5-6,16H2,1H3,(H,17,19,20)(H2,18,21,22,23);2*1H. The van der Waals surface area contributed by atoms with Crippen LogP contribution in [0, 0.1) is 6.92 Å². The first-order valence-corrected chi connectivity index (χ1v) is 7.73. The summed E-state index contributed by atoms with van der Waals surface area (Å²) in [6.07, 6.45) is 3.56. The van der Waals surface area contributed by atoms with Crippen molar-refractivity contribution in [1.29, 1.82) is 0 Å². The number of hydrogen-bond donors (Lipinski definition) is 4. The number of anilines is 2. The zero-order valence-electron chi connectivity index (χ0n) is 13.9. The fourth-order valence-electron chi connectivity index (χ4n) is 2.63. The number of hydrogen-bond acceptors (Lipinski definition) is 7. The topological polar surface area (TPSA) is 122 Å². The molecule has 0 radical (unpaired) electrons. The van der Waals surface area contributed by atoms with E-state index in [0.29, 0.717) is 36.7 Å². The monoisotopic (exact) mass is 387 g/mol. The number of aromatic amines is 1. The van der Waals surface area contributed by atoms with Gasteiger partial charge in [-0.15, -0.1) is 24.8 Å². The van der Waals surface area contributed by atoms with E-state index in [2.05, 4.69) is 30.6 Å². The van der Waals surface area contributed by atoms with Crippen molar-refractivity contribution in [3.8, 4) is 0 Å². The molecular formula is C15H23Cl2N7O. The molecule has 1 saturated carbocycles. The van der Waals surface area contributed by atoms with Crippen LogP contribution in [0.1, 0.15) is 30.1 Å². The van der Waals surface area contributed by atoms with Gasteiger partial charge in [-0.05, 0) is 19.8 Å². The fraction of sp³-hybridized carbons (Fsp3) is 0.467. The molecule has 0 bridgehead atoms. The summed E-state index contributed by atoms with van der Waals surface area (Å²) in [5.74, 6) is 1.72. The Morgan fingerprint density at radius 2 is 1.92 bits per heavy atom. The smallest absolute Gasteiger partial charge is 0.252 e. The second-order valence-electron chi connectivity index (χ2n) is 5.85. The summed E-state index contributed by atoms with van der Waals surface area (Å²) in [5.41, 5.74) is 7.39. The summed E-state index contributed by atoms with van der Waals surface area (Å²) in [7, 11) is 0. The van der Waals surface area contributed by atoms with Crippen LogP contribution >= 0.6 is 24.8 Å². The minimum atomic E-state index is -0.160. The van der Waals surface area contributed by atoms with Gasteiger partial charge in [0.15, 0.2) is 0 Å². The molecule has 0 atom stereocenters. The van der Waals surface area contributed by atoms with Crippen molar-refractivity contribution in [3.63, 3.8) is 0 Å². The van der Waals surface area contributed by atoms with Crippen LogP contribution < -0.4 is 21.9 Å². The second-order valence-corrected chi connectivity index (χ2v) is 5.85. The molecule has 5 N–H and O–H groups in total. The second kappa shape index (κ2) is 9.55. The molecular weight excluding hydrogens is 365 g/mol. The number of H-pyrrole nitrogens is 1. The first kappa shape index (κ1) is 21.1. The Hall–Kier alpha value is -1.90. The highest BCUT2D eigenvalue weighted by atomic mass is 35.5. The maximum absolute atomic E-state index is 11.3. The summed E-state index contributed by atoms with van der Waals surface area (Å²) >= 11 is 0. The molecule has 2 heterocycles. The summed E-state index contributed by atoms with van der Waals surface area (Å²) in [5, 5.41) is 6.31. The van der Waals surface area contributed by atoms with Crippen molar-refractivity contribution in [2.45, 2.75) is 31.7 Å². The third-order valence-corrected chi connectivity index (χ3v) is 3.87. The van der Waals surface area contributed by atoms with Crippen molar-refractivity contribution in [1.82, 2.24) is 19.9 Å². The summed E-state index contributed by atoms with van der Waals surface area (Å²) in [6, 6.07) is 3.74. The molecule has 25 heavy (non-hydrogen) atoms. The van der Waals surface area contributed by atoms with Gasteiger partial charge in [0.05, 0.1) is 0 Å². The zero-order valence-corrected chi connectivity index (χ0v) is 15.5. The predicted octanol–water partition coefficient (Wildman–Crippen LogP) is 1.44. The van der Waals surface area contributed by atoms with Crippen LogP contribution in [0.3, 0.4) is 0 Å². The normalized spacial score (nSPS) is 18.3. The lowest BCUT2D eigenvalue weighted by molar-refractivity contribution is 0.345. The third-order valence-electron chi connectivity index (χ3n) is 3.87. The molecule has 0 spiro atoms. The lowest BCUT2D eigenvalue weighted by atomic mass is 9.79. The molecule has 1 fully saturated rings. The molecule has 2 aromatic heterocycles. The van der Waals surface area contributed by atoms with Crippen molar-refractivity contribution in [2.24, 2.45) is 5.73 Å². The van der Waals surface area contributed by atoms with Crippen LogP contribution in [0.2, 0.25) is 0 Å². The van der Waals surface area contributed by atoms with Gasteiger partial charge in [-0.3, -0.25) is 9.78 Å².